The van der Waals surface area contributed by atoms with Gasteiger partial charge in [0.25, 0.3) is 0 Å². The highest BCUT2D eigenvalue weighted by atomic mass is 32.1. The van der Waals surface area contributed by atoms with Crippen LogP contribution >= 0.6 is 11.3 Å². The van der Waals surface area contributed by atoms with Crippen molar-refractivity contribution in [1.82, 2.24) is 10.2 Å². The molecule has 0 atom stereocenters. The Kier molecular flexibility index (Phi) is 2.42. The Morgan fingerprint density at radius 1 is 1.54 bits per heavy atom. The lowest BCUT2D eigenvalue weighted by Gasteiger charge is -1.90. The number of H-pyrrole nitrogens is 1. The molecule has 0 spiro atoms. The van der Waals surface area contributed by atoms with Gasteiger partial charge in [0.2, 0.25) is 0 Å². The molecule has 3 nitrogen and oxygen atoms in total. The van der Waals surface area contributed by atoms with Gasteiger partial charge in [0.1, 0.15) is 0 Å². The van der Waals surface area contributed by atoms with E-state index in [2.05, 4.69) is 21.6 Å². The normalized spacial score (nSPS) is 10.5. The maximum absolute atomic E-state index is 8.80. The number of nitrogens with zero attached hydrogens (tertiary/aromatic N) is 1. The third kappa shape index (κ3) is 1.96. The molecule has 0 saturated carbocycles. The van der Waals surface area contributed by atoms with Crippen molar-refractivity contribution >= 4 is 11.3 Å². The molecule has 2 heterocycles. The number of aliphatic hydroxyl groups excluding tert-OH is 1. The molecule has 0 aromatic carbocycles. The van der Waals surface area contributed by atoms with Crippen LogP contribution in [0.15, 0.2) is 23.6 Å². The van der Waals surface area contributed by atoms with Crippen molar-refractivity contribution in [2.45, 2.75) is 13.0 Å². The molecule has 0 unspecified atom stereocenters. The highest BCUT2D eigenvalue weighted by molar-refractivity contribution is 7.09. The van der Waals surface area contributed by atoms with Gasteiger partial charge in [-0.25, -0.2) is 0 Å². The summed E-state index contributed by atoms with van der Waals surface area (Å²) in [4.78, 5) is 1.30. The highest BCUT2D eigenvalue weighted by Crippen LogP contribution is 2.13. The summed E-state index contributed by atoms with van der Waals surface area (Å²) in [6.07, 6.45) is 0.866. The molecule has 0 aliphatic rings. The van der Waals surface area contributed by atoms with Gasteiger partial charge in [-0.3, -0.25) is 5.10 Å². The molecule has 0 aliphatic heterocycles. The molecule has 13 heavy (non-hydrogen) atoms. The largest absolute Gasteiger partial charge is 0.390 e. The lowest BCUT2D eigenvalue weighted by atomic mass is 10.2. The summed E-state index contributed by atoms with van der Waals surface area (Å²) in [6.45, 7) is 0.000933. The third-order valence-corrected chi connectivity index (χ3v) is 2.67. The number of aromatic nitrogens is 2. The summed E-state index contributed by atoms with van der Waals surface area (Å²) in [7, 11) is 0. The van der Waals surface area contributed by atoms with Crippen LogP contribution in [-0.2, 0) is 13.0 Å². The fraction of sp³-hybridized carbons (Fsp3) is 0.222. The lowest BCUT2D eigenvalue weighted by molar-refractivity contribution is 0.276. The van der Waals surface area contributed by atoms with Gasteiger partial charge in [-0.05, 0) is 17.5 Å². The average molecular weight is 194 g/mol. The molecule has 0 bridgehead atoms. The fourth-order valence-electron chi connectivity index (χ4n) is 1.18. The van der Waals surface area contributed by atoms with E-state index in [1.165, 1.54) is 4.88 Å². The molecule has 0 amide bonds. The van der Waals surface area contributed by atoms with Gasteiger partial charge in [-0.1, -0.05) is 6.07 Å². The SMILES string of the molecule is OCc1cc(Cc2cccs2)[nH]n1. The van der Waals surface area contributed by atoms with Crippen LogP contribution in [0, 0.1) is 0 Å². The number of hydrogen-bond acceptors (Lipinski definition) is 3. The van der Waals surface area contributed by atoms with Crippen molar-refractivity contribution in [3.63, 3.8) is 0 Å². The predicted molar refractivity (Wildman–Crippen MR) is 51.6 cm³/mol. The minimum atomic E-state index is 0.000933. The number of nitrogens with one attached hydrogen (secondary N) is 1. The zero-order valence-corrected chi connectivity index (χ0v) is 7.84. The third-order valence-electron chi connectivity index (χ3n) is 1.79. The average Bonchev–Trinajstić information content (AvgIpc) is 2.76. The second-order valence-electron chi connectivity index (χ2n) is 2.80. The van der Waals surface area contributed by atoms with Gasteiger partial charge in [0.15, 0.2) is 0 Å². The van der Waals surface area contributed by atoms with Gasteiger partial charge in [0, 0.05) is 17.0 Å². The molecule has 4 heteroatoms. The highest BCUT2D eigenvalue weighted by Gasteiger charge is 2.01. The van der Waals surface area contributed by atoms with E-state index in [0.717, 1.165) is 12.1 Å². The Balaban J connectivity index is 2.10. The predicted octanol–water partition coefficient (Wildman–Crippen LogP) is 1.55. The molecular weight excluding hydrogens is 184 g/mol. The summed E-state index contributed by atoms with van der Waals surface area (Å²) < 4.78 is 0. The summed E-state index contributed by atoms with van der Waals surface area (Å²) >= 11 is 1.72. The monoisotopic (exact) mass is 194 g/mol. The lowest BCUT2D eigenvalue weighted by Crippen LogP contribution is -1.83. The van der Waals surface area contributed by atoms with Crippen LogP contribution < -0.4 is 0 Å². The Morgan fingerprint density at radius 2 is 2.46 bits per heavy atom. The molecule has 2 N–H and O–H groups in total. The standard InChI is InChI=1S/C9H10N2OS/c12-6-8-4-7(10-11-8)5-9-2-1-3-13-9/h1-4,12H,5-6H2,(H,10,11). The van der Waals surface area contributed by atoms with Crippen LogP contribution in [0.25, 0.3) is 0 Å². The fourth-order valence-corrected chi connectivity index (χ4v) is 1.91. The zero-order valence-electron chi connectivity index (χ0n) is 7.03. The van der Waals surface area contributed by atoms with Gasteiger partial charge < -0.3 is 5.11 Å². The van der Waals surface area contributed by atoms with Crippen LogP contribution in [0.2, 0.25) is 0 Å². The molecule has 68 valence electrons. The summed E-state index contributed by atoms with van der Waals surface area (Å²) in [5.41, 5.74) is 1.75. The van der Waals surface area contributed by atoms with Crippen LogP contribution in [0.4, 0.5) is 0 Å². The van der Waals surface area contributed by atoms with Gasteiger partial charge in [-0.2, -0.15) is 5.10 Å². The first-order valence-electron chi connectivity index (χ1n) is 4.05. The first-order valence-corrected chi connectivity index (χ1v) is 4.93. The molecule has 0 radical (unpaired) electrons. The topological polar surface area (TPSA) is 48.9 Å². The second kappa shape index (κ2) is 3.72. The van der Waals surface area contributed by atoms with E-state index in [1.807, 2.05) is 12.1 Å². The Morgan fingerprint density at radius 3 is 3.08 bits per heavy atom. The molecular formula is C9H10N2OS. The summed E-state index contributed by atoms with van der Waals surface area (Å²) in [6, 6.07) is 6.01. The van der Waals surface area contributed by atoms with Gasteiger partial charge in [-0.15, -0.1) is 11.3 Å². The molecule has 0 aliphatic carbocycles. The van der Waals surface area contributed by atoms with E-state index >= 15 is 0 Å². The van der Waals surface area contributed by atoms with E-state index < -0.39 is 0 Å². The van der Waals surface area contributed by atoms with Crippen molar-refractivity contribution in [1.29, 1.82) is 0 Å². The van der Waals surface area contributed by atoms with Crippen LogP contribution in [0.3, 0.4) is 0 Å². The van der Waals surface area contributed by atoms with E-state index in [0.29, 0.717) is 5.69 Å². The van der Waals surface area contributed by atoms with E-state index in [-0.39, 0.29) is 6.61 Å². The van der Waals surface area contributed by atoms with Crippen molar-refractivity contribution in [2.24, 2.45) is 0 Å². The van der Waals surface area contributed by atoms with Crippen molar-refractivity contribution in [3.8, 4) is 0 Å². The molecule has 0 saturated heterocycles. The van der Waals surface area contributed by atoms with Crippen LogP contribution in [-0.4, -0.2) is 15.3 Å². The molecule has 2 aromatic rings. The minimum Gasteiger partial charge on any atom is -0.390 e. The Bertz CT molecular complexity index is 367. The number of hydrogen-bond donors (Lipinski definition) is 2. The maximum atomic E-state index is 8.80. The van der Waals surface area contributed by atoms with E-state index in [1.54, 1.807) is 11.3 Å². The first kappa shape index (κ1) is 8.47. The van der Waals surface area contributed by atoms with Crippen molar-refractivity contribution in [3.05, 3.63) is 39.8 Å². The van der Waals surface area contributed by atoms with Gasteiger partial charge in [0.05, 0.1) is 12.3 Å². The minimum absolute atomic E-state index is 0.000933. The summed E-state index contributed by atoms with van der Waals surface area (Å²) in [5.74, 6) is 0. The smallest absolute Gasteiger partial charge is 0.0879 e. The number of thiophene rings is 1. The first-order chi connectivity index (χ1) is 6.38. The number of aliphatic hydroxyl groups is 1. The number of rotatable bonds is 3. The quantitative estimate of drug-likeness (QED) is 0.779. The van der Waals surface area contributed by atoms with Crippen LogP contribution in [0.1, 0.15) is 16.3 Å². The Hall–Kier alpha value is -1.13. The molecule has 2 rings (SSSR count). The maximum Gasteiger partial charge on any atom is 0.0879 e. The Labute approximate surface area is 80.1 Å². The molecule has 2 aromatic heterocycles. The van der Waals surface area contributed by atoms with Crippen LogP contribution in [0.5, 0.6) is 0 Å². The van der Waals surface area contributed by atoms with Crippen molar-refractivity contribution < 1.29 is 5.11 Å². The van der Waals surface area contributed by atoms with Crippen molar-refractivity contribution in [2.75, 3.05) is 0 Å². The summed E-state index contributed by atoms with van der Waals surface area (Å²) in [5, 5.41) is 17.7. The van der Waals surface area contributed by atoms with E-state index in [4.69, 9.17) is 5.11 Å². The van der Waals surface area contributed by atoms with Gasteiger partial charge >= 0.3 is 0 Å². The molecule has 0 fully saturated rings. The zero-order chi connectivity index (χ0) is 9.10. The van der Waals surface area contributed by atoms with E-state index in [9.17, 15) is 0 Å². The second-order valence-corrected chi connectivity index (χ2v) is 3.83. The number of aromatic amines is 1.